The monoisotopic (exact) mass is 257 g/mol. The molecule has 0 amide bonds. The summed E-state index contributed by atoms with van der Waals surface area (Å²) in [7, 11) is 0. The zero-order chi connectivity index (χ0) is 12.5. The lowest BCUT2D eigenvalue weighted by molar-refractivity contribution is 0.0938. The molecule has 0 saturated heterocycles. The van der Waals surface area contributed by atoms with Gasteiger partial charge in [0, 0.05) is 22.4 Å². The molecule has 0 spiro atoms. The molecule has 0 aliphatic carbocycles. The average molecular weight is 257 g/mol. The van der Waals surface area contributed by atoms with Crippen LogP contribution in [-0.2, 0) is 13.0 Å². The van der Waals surface area contributed by atoms with Crippen molar-refractivity contribution in [3.63, 3.8) is 0 Å². The van der Waals surface area contributed by atoms with Gasteiger partial charge in [-0.2, -0.15) is 0 Å². The maximum absolute atomic E-state index is 12.4. The fourth-order valence-electron chi connectivity index (χ4n) is 2.41. The lowest BCUT2D eigenvalue weighted by Crippen LogP contribution is -2.41. The Kier molecular flexibility index (Phi) is 3.02. The third-order valence-corrected chi connectivity index (χ3v) is 4.27. The minimum atomic E-state index is -0.0751. The summed E-state index contributed by atoms with van der Waals surface area (Å²) in [6, 6.07) is 10.2. The summed E-state index contributed by atoms with van der Waals surface area (Å²) < 4.78 is 0. The minimum Gasteiger partial charge on any atom is -0.303 e. The van der Waals surface area contributed by atoms with E-state index in [0.29, 0.717) is 0 Å². The molecule has 3 heteroatoms. The molecule has 2 aromatic rings. The van der Waals surface area contributed by atoms with E-state index in [9.17, 15) is 4.79 Å². The van der Waals surface area contributed by atoms with Gasteiger partial charge in [0.05, 0.1) is 6.04 Å². The number of carbonyl (C=O) groups excluding carboxylic acids is 1. The first-order chi connectivity index (χ1) is 8.74. The Morgan fingerprint density at radius 2 is 2.11 bits per heavy atom. The van der Waals surface area contributed by atoms with Crippen LogP contribution < -0.4 is 5.32 Å². The minimum absolute atomic E-state index is 0.0751. The highest BCUT2D eigenvalue weighted by molar-refractivity contribution is 7.10. The van der Waals surface area contributed by atoms with Crippen LogP contribution in [-0.4, -0.2) is 11.8 Å². The Labute approximate surface area is 111 Å². The van der Waals surface area contributed by atoms with Crippen LogP contribution in [0.3, 0.4) is 0 Å². The third-order valence-electron chi connectivity index (χ3n) is 3.41. The highest BCUT2D eigenvalue weighted by atomic mass is 32.1. The second-order valence-electron chi connectivity index (χ2n) is 4.72. The summed E-state index contributed by atoms with van der Waals surface area (Å²) >= 11 is 1.63. The zero-order valence-corrected chi connectivity index (χ0v) is 11.1. The van der Waals surface area contributed by atoms with E-state index in [1.54, 1.807) is 11.3 Å². The molecule has 1 aliphatic rings. The number of ketones is 1. The number of hydrogen-bond acceptors (Lipinski definition) is 3. The topological polar surface area (TPSA) is 29.1 Å². The highest BCUT2D eigenvalue weighted by Crippen LogP contribution is 2.20. The van der Waals surface area contributed by atoms with Gasteiger partial charge in [0.2, 0.25) is 0 Å². The first kappa shape index (κ1) is 11.6. The van der Waals surface area contributed by atoms with Gasteiger partial charge in [-0.15, -0.1) is 11.3 Å². The predicted octanol–water partition coefficient (Wildman–Crippen LogP) is 2.95. The molecule has 1 aromatic carbocycles. The van der Waals surface area contributed by atoms with Gasteiger partial charge in [0.15, 0.2) is 5.78 Å². The van der Waals surface area contributed by atoms with Gasteiger partial charge in [-0.05, 0) is 30.5 Å². The molecule has 18 heavy (non-hydrogen) atoms. The number of Topliss-reactive ketones (excluding diaryl/α,β-unsaturated/α-hetero) is 1. The van der Waals surface area contributed by atoms with E-state index in [1.807, 2.05) is 30.5 Å². The van der Waals surface area contributed by atoms with E-state index in [4.69, 9.17) is 0 Å². The average Bonchev–Trinajstić information content (AvgIpc) is 2.84. The van der Waals surface area contributed by atoms with E-state index in [1.165, 1.54) is 16.0 Å². The number of hydrogen-bond donors (Lipinski definition) is 1. The molecule has 1 aliphatic heterocycles. The van der Waals surface area contributed by atoms with E-state index < -0.39 is 0 Å². The van der Waals surface area contributed by atoms with Crippen LogP contribution in [0.15, 0.2) is 35.7 Å². The molecule has 0 radical (unpaired) electrons. The van der Waals surface area contributed by atoms with Crippen LogP contribution in [0.1, 0.15) is 26.4 Å². The summed E-state index contributed by atoms with van der Waals surface area (Å²) in [6.07, 6.45) is 0.796. The quantitative estimate of drug-likeness (QED) is 0.838. The highest BCUT2D eigenvalue weighted by Gasteiger charge is 2.25. The molecule has 0 bridgehead atoms. The van der Waals surface area contributed by atoms with Crippen molar-refractivity contribution in [1.82, 2.24) is 5.32 Å². The molecule has 1 unspecified atom stereocenters. The summed E-state index contributed by atoms with van der Waals surface area (Å²) in [4.78, 5) is 13.6. The van der Waals surface area contributed by atoms with Gasteiger partial charge < -0.3 is 5.32 Å². The summed E-state index contributed by atoms with van der Waals surface area (Å²) in [5.74, 6) is 0.217. The van der Waals surface area contributed by atoms with E-state index in [2.05, 4.69) is 17.4 Å². The van der Waals surface area contributed by atoms with Gasteiger partial charge in [0.25, 0.3) is 0 Å². The van der Waals surface area contributed by atoms with Gasteiger partial charge >= 0.3 is 0 Å². The van der Waals surface area contributed by atoms with Crippen molar-refractivity contribution >= 4 is 17.1 Å². The van der Waals surface area contributed by atoms with Crippen molar-refractivity contribution in [2.24, 2.45) is 0 Å². The Balaban J connectivity index is 1.82. The largest absolute Gasteiger partial charge is 0.303 e. The number of thiophene rings is 1. The second kappa shape index (κ2) is 4.67. The fraction of sp³-hybridized carbons (Fsp3) is 0.267. The SMILES string of the molecule is Cc1cc(C(=O)C2Cc3ccccc3CN2)cs1. The Morgan fingerprint density at radius 3 is 2.83 bits per heavy atom. The molecule has 1 N–H and O–H groups in total. The molecule has 3 rings (SSSR count). The number of carbonyl (C=O) groups is 1. The molecule has 1 atom stereocenters. The van der Waals surface area contributed by atoms with Gasteiger partial charge in [-0.3, -0.25) is 4.79 Å². The van der Waals surface area contributed by atoms with Crippen LogP contribution in [0, 0.1) is 6.92 Å². The van der Waals surface area contributed by atoms with Crippen molar-refractivity contribution in [3.8, 4) is 0 Å². The molecule has 1 aromatic heterocycles. The molecular weight excluding hydrogens is 242 g/mol. The van der Waals surface area contributed by atoms with Crippen molar-refractivity contribution < 1.29 is 4.79 Å². The van der Waals surface area contributed by atoms with Crippen molar-refractivity contribution in [2.45, 2.75) is 25.9 Å². The summed E-state index contributed by atoms with van der Waals surface area (Å²) in [5, 5.41) is 5.30. The van der Waals surface area contributed by atoms with Crippen LogP contribution >= 0.6 is 11.3 Å². The number of rotatable bonds is 2. The molecular formula is C15H15NOS. The first-order valence-corrected chi connectivity index (χ1v) is 7.01. The molecule has 0 fully saturated rings. The van der Waals surface area contributed by atoms with Crippen LogP contribution in [0.2, 0.25) is 0 Å². The summed E-state index contributed by atoms with van der Waals surface area (Å²) in [5.41, 5.74) is 3.44. The molecule has 0 saturated carbocycles. The Bertz CT molecular complexity index is 588. The lowest BCUT2D eigenvalue weighted by atomic mass is 9.92. The van der Waals surface area contributed by atoms with Crippen molar-refractivity contribution in [1.29, 1.82) is 0 Å². The van der Waals surface area contributed by atoms with E-state index in [-0.39, 0.29) is 11.8 Å². The smallest absolute Gasteiger partial charge is 0.180 e. The van der Waals surface area contributed by atoms with Gasteiger partial charge in [0.1, 0.15) is 0 Å². The third kappa shape index (κ3) is 2.11. The molecule has 92 valence electrons. The number of nitrogens with one attached hydrogen (secondary N) is 1. The predicted molar refractivity (Wildman–Crippen MR) is 74.2 cm³/mol. The van der Waals surface area contributed by atoms with Crippen LogP contribution in [0.5, 0.6) is 0 Å². The normalized spacial score (nSPS) is 18.4. The number of fused-ring (bicyclic) bond motifs is 1. The second-order valence-corrected chi connectivity index (χ2v) is 5.83. The molecule has 2 heterocycles. The maximum Gasteiger partial charge on any atom is 0.180 e. The lowest BCUT2D eigenvalue weighted by Gasteiger charge is -2.24. The van der Waals surface area contributed by atoms with Gasteiger partial charge in [-0.1, -0.05) is 24.3 Å². The number of aryl methyl sites for hydroxylation is 1. The number of benzene rings is 1. The van der Waals surface area contributed by atoms with E-state index >= 15 is 0 Å². The first-order valence-electron chi connectivity index (χ1n) is 6.13. The standard InChI is InChI=1S/C15H15NOS/c1-10-6-13(9-18-10)15(17)14-7-11-4-2-3-5-12(11)8-16-14/h2-6,9,14,16H,7-8H2,1H3. The Hall–Kier alpha value is -1.45. The van der Waals surface area contributed by atoms with Gasteiger partial charge in [-0.25, -0.2) is 0 Å². The fourth-order valence-corrected chi connectivity index (χ4v) is 3.11. The zero-order valence-electron chi connectivity index (χ0n) is 10.3. The summed E-state index contributed by atoms with van der Waals surface area (Å²) in [6.45, 7) is 2.82. The molecule has 2 nitrogen and oxygen atoms in total. The van der Waals surface area contributed by atoms with Crippen LogP contribution in [0.4, 0.5) is 0 Å². The Morgan fingerprint density at radius 1 is 1.33 bits per heavy atom. The van der Waals surface area contributed by atoms with Crippen molar-refractivity contribution in [3.05, 3.63) is 57.3 Å². The maximum atomic E-state index is 12.4. The van der Waals surface area contributed by atoms with Crippen LogP contribution in [0.25, 0.3) is 0 Å². The van der Waals surface area contributed by atoms with E-state index in [0.717, 1.165) is 18.5 Å². The van der Waals surface area contributed by atoms with Crippen molar-refractivity contribution in [2.75, 3.05) is 0 Å².